The molecule has 0 aromatic heterocycles. The van der Waals surface area contributed by atoms with Gasteiger partial charge in [-0.05, 0) is 56.5 Å². The van der Waals surface area contributed by atoms with Crippen LogP contribution >= 0.6 is 0 Å². The first kappa shape index (κ1) is 16.8. The molecule has 0 spiro atoms. The molecule has 1 aliphatic heterocycles. The minimum atomic E-state index is -3.62. The van der Waals surface area contributed by atoms with Crippen LogP contribution in [0.3, 0.4) is 0 Å². The van der Waals surface area contributed by atoms with Crippen molar-refractivity contribution in [3.63, 3.8) is 0 Å². The standard InChI is InChI=1S/C18H21NO4S/c1-11-7-12(2)18(13(3)8-11)24(20,21)19-14(4)15-5-6-16-17(9-15)23-10-22-16/h5-9,14,19H,10H2,1-4H3/t14-/m1/s1. The lowest BCUT2D eigenvalue weighted by molar-refractivity contribution is 0.174. The molecule has 5 nitrogen and oxygen atoms in total. The van der Waals surface area contributed by atoms with E-state index in [2.05, 4.69) is 4.72 Å². The molecule has 1 N–H and O–H groups in total. The minimum absolute atomic E-state index is 0.195. The van der Waals surface area contributed by atoms with Gasteiger partial charge in [0.2, 0.25) is 16.8 Å². The summed E-state index contributed by atoms with van der Waals surface area (Å²) in [6, 6.07) is 8.83. The fraction of sp³-hybridized carbons (Fsp3) is 0.333. The van der Waals surface area contributed by atoms with E-state index in [1.54, 1.807) is 6.07 Å². The number of sulfonamides is 1. The molecule has 2 aromatic rings. The summed E-state index contributed by atoms with van der Waals surface area (Å²) in [6.07, 6.45) is 0. The van der Waals surface area contributed by atoms with E-state index in [0.29, 0.717) is 16.4 Å². The summed E-state index contributed by atoms with van der Waals surface area (Å²) in [5, 5.41) is 0. The first-order chi connectivity index (χ1) is 11.3. The van der Waals surface area contributed by atoms with Crippen LogP contribution in [-0.4, -0.2) is 15.2 Å². The van der Waals surface area contributed by atoms with Gasteiger partial charge in [0.25, 0.3) is 0 Å². The summed E-state index contributed by atoms with van der Waals surface area (Å²) in [4.78, 5) is 0.348. The van der Waals surface area contributed by atoms with Gasteiger partial charge in [-0.3, -0.25) is 0 Å². The van der Waals surface area contributed by atoms with E-state index in [4.69, 9.17) is 9.47 Å². The molecule has 2 aromatic carbocycles. The number of rotatable bonds is 4. The number of fused-ring (bicyclic) bond motifs is 1. The molecule has 1 heterocycles. The average molecular weight is 347 g/mol. The van der Waals surface area contributed by atoms with Gasteiger partial charge in [0.15, 0.2) is 11.5 Å². The Bertz CT molecular complexity index is 867. The largest absolute Gasteiger partial charge is 0.454 e. The zero-order chi connectivity index (χ0) is 17.5. The highest BCUT2D eigenvalue weighted by molar-refractivity contribution is 7.89. The highest BCUT2D eigenvalue weighted by atomic mass is 32.2. The number of nitrogens with one attached hydrogen (secondary N) is 1. The van der Waals surface area contributed by atoms with Crippen molar-refractivity contribution in [1.82, 2.24) is 4.72 Å². The second-order valence-corrected chi connectivity index (χ2v) is 7.83. The Balaban J connectivity index is 1.89. The molecule has 0 bridgehead atoms. The molecule has 0 saturated heterocycles. The SMILES string of the molecule is Cc1cc(C)c(S(=O)(=O)N[C@H](C)c2ccc3c(c2)OCO3)c(C)c1. The molecule has 24 heavy (non-hydrogen) atoms. The smallest absolute Gasteiger partial charge is 0.241 e. The minimum Gasteiger partial charge on any atom is -0.454 e. The van der Waals surface area contributed by atoms with Crippen molar-refractivity contribution in [3.8, 4) is 11.5 Å². The zero-order valence-corrected chi connectivity index (χ0v) is 15.0. The van der Waals surface area contributed by atoms with E-state index in [-0.39, 0.29) is 12.8 Å². The van der Waals surface area contributed by atoms with E-state index in [1.807, 2.05) is 52.0 Å². The van der Waals surface area contributed by atoms with E-state index in [9.17, 15) is 8.42 Å². The van der Waals surface area contributed by atoms with Gasteiger partial charge >= 0.3 is 0 Å². The first-order valence-corrected chi connectivity index (χ1v) is 9.26. The maximum atomic E-state index is 12.8. The second-order valence-electron chi connectivity index (χ2n) is 6.18. The molecule has 3 rings (SSSR count). The second kappa shape index (κ2) is 6.11. The van der Waals surface area contributed by atoms with Crippen LogP contribution < -0.4 is 14.2 Å². The molecule has 0 unspecified atom stereocenters. The number of hydrogen-bond donors (Lipinski definition) is 1. The lowest BCUT2D eigenvalue weighted by atomic mass is 10.1. The Kier molecular flexibility index (Phi) is 4.27. The van der Waals surface area contributed by atoms with Crippen molar-refractivity contribution in [2.24, 2.45) is 0 Å². The fourth-order valence-corrected chi connectivity index (χ4v) is 4.82. The monoisotopic (exact) mass is 347 g/mol. The zero-order valence-electron chi connectivity index (χ0n) is 14.2. The quantitative estimate of drug-likeness (QED) is 0.921. The third-order valence-electron chi connectivity index (χ3n) is 4.10. The predicted octanol–water partition coefficient (Wildman–Crippen LogP) is 3.38. The van der Waals surface area contributed by atoms with Crippen LogP contribution in [-0.2, 0) is 10.0 Å². The van der Waals surface area contributed by atoms with Crippen molar-refractivity contribution in [1.29, 1.82) is 0 Å². The number of aryl methyl sites for hydroxylation is 3. The van der Waals surface area contributed by atoms with Crippen LogP contribution in [0.25, 0.3) is 0 Å². The van der Waals surface area contributed by atoms with Gasteiger partial charge < -0.3 is 9.47 Å². The number of hydrogen-bond acceptors (Lipinski definition) is 4. The van der Waals surface area contributed by atoms with Crippen LogP contribution in [0.4, 0.5) is 0 Å². The van der Waals surface area contributed by atoms with Crippen molar-refractivity contribution in [2.45, 2.75) is 38.6 Å². The molecule has 1 atom stereocenters. The van der Waals surface area contributed by atoms with E-state index in [0.717, 1.165) is 22.3 Å². The predicted molar refractivity (Wildman–Crippen MR) is 92.0 cm³/mol. The molecule has 0 amide bonds. The summed E-state index contributed by atoms with van der Waals surface area (Å²) in [7, 11) is -3.62. The Hall–Kier alpha value is -2.05. The molecule has 0 aliphatic carbocycles. The highest BCUT2D eigenvalue weighted by Gasteiger charge is 2.24. The van der Waals surface area contributed by atoms with Crippen molar-refractivity contribution < 1.29 is 17.9 Å². The molecule has 0 radical (unpaired) electrons. The highest BCUT2D eigenvalue weighted by Crippen LogP contribution is 2.34. The Labute approximate surface area is 142 Å². The molecular weight excluding hydrogens is 326 g/mol. The first-order valence-electron chi connectivity index (χ1n) is 7.77. The molecule has 128 valence electrons. The van der Waals surface area contributed by atoms with Crippen molar-refractivity contribution >= 4 is 10.0 Å². The molecule has 0 saturated carbocycles. The van der Waals surface area contributed by atoms with Gasteiger partial charge in [-0.1, -0.05) is 23.8 Å². The van der Waals surface area contributed by atoms with Crippen LogP contribution in [0.15, 0.2) is 35.2 Å². The van der Waals surface area contributed by atoms with Crippen LogP contribution in [0.1, 0.15) is 35.2 Å². The Morgan fingerprint density at radius 2 is 1.62 bits per heavy atom. The van der Waals surface area contributed by atoms with Crippen molar-refractivity contribution in [3.05, 3.63) is 52.6 Å². The third-order valence-corrected chi connectivity index (χ3v) is 5.95. The normalized spacial score (nSPS) is 14.7. The van der Waals surface area contributed by atoms with Gasteiger partial charge in [-0.2, -0.15) is 0 Å². The van der Waals surface area contributed by atoms with Gasteiger partial charge in [0, 0.05) is 6.04 Å². The fourth-order valence-electron chi connectivity index (χ4n) is 3.13. The Morgan fingerprint density at radius 1 is 1.00 bits per heavy atom. The summed E-state index contributed by atoms with van der Waals surface area (Å²) in [6.45, 7) is 7.60. The van der Waals surface area contributed by atoms with Gasteiger partial charge in [-0.25, -0.2) is 13.1 Å². The third kappa shape index (κ3) is 3.12. The summed E-state index contributed by atoms with van der Waals surface area (Å²) >= 11 is 0. The molecule has 0 fully saturated rings. The summed E-state index contributed by atoms with van der Waals surface area (Å²) in [5.41, 5.74) is 3.37. The van der Waals surface area contributed by atoms with E-state index in [1.165, 1.54) is 0 Å². The van der Waals surface area contributed by atoms with E-state index < -0.39 is 10.0 Å². The molecule has 6 heteroatoms. The van der Waals surface area contributed by atoms with E-state index >= 15 is 0 Å². The summed E-state index contributed by atoms with van der Waals surface area (Å²) in [5.74, 6) is 1.32. The number of benzene rings is 2. The maximum absolute atomic E-state index is 12.8. The van der Waals surface area contributed by atoms with Crippen LogP contribution in [0.5, 0.6) is 11.5 Å². The number of ether oxygens (including phenoxy) is 2. The molecular formula is C18H21NO4S. The van der Waals surface area contributed by atoms with Gasteiger partial charge in [0.1, 0.15) is 0 Å². The van der Waals surface area contributed by atoms with Gasteiger partial charge in [0.05, 0.1) is 4.90 Å². The van der Waals surface area contributed by atoms with Crippen molar-refractivity contribution in [2.75, 3.05) is 6.79 Å². The maximum Gasteiger partial charge on any atom is 0.241 e. The van der Waals surface area contributed by atoms with Crippen LogP contribution in [0, 0.1) is 20.8 Å². The van der Waals surface area contributed by atoms with Gasteiger partial charge in [-0.15, -0.1) is 0 Å². The molecule has 1 aliphatic rings. The summed E-state index contributed by atoms with van der Waals surface area (Å²) < 4.78 is 39.1. The lowest BCUT2D eigenvalue weighted by Gasteiger charge is -2.18. The Morgan fingerprint density at radius 3 is 2.29 bits per heavy atom. The topological polar surface area (TPSA) is 64.6 Å². The lowest BCUT2D eigenvalue weighted by Crippen LogP contribution is -2.28. The average Bonchev–Trinajstić information content (AvgIpc) is 2.92. The van der Waals surface area contributed by atoms with Crippen LogP contribution in [0.2, 0.25) is 0 Å².